The molecule has 5 heteroatoms. The number of ketones is 1. The van der Waals surface area contributed by atoms with Gasteiger partial charge in [-0.25, -0.2) is 4.74 Å². The van der Waals surface area contributed by atoms with Gasteiger partial charge in [0.1, 0.15) is 0 Å². The molecule has 2 rings (SSSR count). The Morgan fingerprint density at radius 3 is 2.48 bits per heavy atom. The van der Waals surface area contributed by atoms with Crippen molar-refractivity contribution in [2.45, 2.75) is 13.0 Å². The fourth-order valence-electron chi connectivity index (χ4n) is 1.80. The van der Waals surface area contributed by atoms with Crippen LogP contribution in [0.15, 0.2) is 48.5 Å². The molecule has 21 heavy (non-hydrogen) atoms. The van der Waals surface area contributed by atoms with Crippen LogP contribution in [0, 0.1) is 5.21 Å². The third-order valence-corrected chi connectivity index (χ3v) is 3.64. The Morgan fingerprint density at radius 2 is 1.81 bits per heavy atom. The number of carbonyl (C=O) groups is 1. The standard InChI is InChI=1S/C16H13Cl2NO2/c17-14-7-6-13(10-15(14)18)16(20)8-9-19(21)11-12-4-2-1-3-5-12/h1-7,9-10H,8,11H2/b19-9-. The molecule has 3 nitrogen and oxygen atoms in total. The Balaban J connectivity index is 1.99. The van der Waals surface area contributed by atoms with Gasteiger partial charge < -0.3 is 5.21 Å². The zero-order chi connectivity index (χ0) is 15.2. The zero-order valence-electron chi connectivity index (χ0n) is 11.1. The topological polar surface area (TPSA) is 43.1 Å². The third kappa shape index (κ3) is 4.59. The zero-order valence-corrected chi connectivity index (χ0v) is 12.6. The number of hydroxylamine groups is 1. The van der Waals surface area contributed by atoms with Crippen LogP contribution >= 0.6 is 23.2 Å². The van der Waals surface area contributed by atoms with E-state index < -0.39 is 0 Å². The fraction of sp³-hybridized carbons (Fsp3) is 0.125. The van der Waals surface area contributed by atoms with Crippen LogP contribution in [0.3, 0.4) is 0 Å². The summed E-state index contributed by atoms with van der Waals surface area (Å²) in [4.78, 5) is 12.0. The van der Waals surface area contributed by atoms with Crippen LogP contribution in [0.5, 0.6) is 0 Å². The lowest BCUT2D eigenvalue weighted by Gasteiger charge is -2.04. The molecule has 0 aromatic heterocycles. The molecule has 2 aromatic carbocycles. The first-order valence-electron chi connectivity index (χ1n) is 6.35. The highest BCUT2D eigenvalue weighted by molar-refractivity contribution is 6.42. The maximum atomic E-state index is 12.0. The predicted octanol–water partition coefficient (Wildman–Crippen LogP) is 4.35. The molecule has 0 amide bonds. The van der Waals surface area contributed by atoms with E-state index in [2.05, 4.69) is 0 Å². The van der Waals surface area contributed by atoms with Crippen molar-refractivity contribution in [1.29, 1.82) is 0 Å². The third-order valence-electron chi connectivity index (χ3n) is 2.90. The molecule has 0 fully saturated rings. The average molecular weight is 322 g/mol. The van der Waals surface area contributed by atoms with E-state index in [9.17, 15) is 10.0 Å². The summed E-state index contributed by atoms with van der Waals surface area (Å²) < 4.78 is 0.755. The van der Waals surface area contributed by atoms with Gasteiger partial charge in [0.25, 0.3) is 0 Å². The van der Waals surface area contributed by atoms with E-state index in [1.807, 2.05) is 30.3 Å². The van der Waals surface area contributed by atoms with Gasteiger partial charge in [0, 0.05) is 11.1 Å². The molecule has 0 unspecified atom stereocenters. The summed E-state index contributed by atoms with van der Waals surface area (Å²) in [6, 6.07) is 14.0. The van der Waals surface area contributed by atoms with E-state index in [0.717, 1.165) is 10.3 Å². The SMILES string of the molecule is O=C(C/C=[N+](\[O-])Cc1ccccc1)c1ccc(Cl)c(Cl)c1. The van der Waals surface area contributed by atoms with E-state index >= 15 is 0 Å². The van der Waals surface area contributed by atoms with Gasteiger partial charge in [0.05, 0.1) is 16.5 Å². The fourth-order valence-corrected chi connectivity index (χ4v) is 2.10. The number of Topliss-reactive ketones (excluding diaryl/α,β-unsaturated/α-hetero) is 1. The van der Waals surface area contributed by atoms with Gasteiger partial charge >= 0.3 is 0 Å². The van der Waals surface area contributed by atoms with Gasteiger partial charge in [-0.15, -0.1) is 0 Å². The van der Waals surface area contributed by atoms with Crippen LogP contribution in [-0.4, -0.2) is 16.7 Å². The van der Waals surface area contributed by atoms with Gasteiger partial charge in [0.15, 0.2) is 18.5 Å². The first kappa shape index (κ1) is 15.5. The maximum Gasteiger partial charge on any atom is 0.178 e. The summed E-state index contributed by atoms with van der Waals surface area (Å²) in [7, 11) is 0. The summed E-state index contributed by atoms with van der Waals surface area (Å²) in [5.41, 5.74) is 1.33. The van der Waals surface area contributed by atoms with Crippen molar-refractivity contribution in [2.75, 3.05) is 0 Å². The van der Waals surface area contributed by atoms with Crippen molar-refractivity contribution in [3.8, 4) is 0 Å². The Bertz CT molecular complexity index is 669. The predicted molar refractivity (Wildman–Crippen MR) is 85.2 cm³/mol. The van der Waals surface area contributed by atoms with Crippen molar-refractivity contribution < 1.29 is 9.53 Å². The van der Waals surface area contributed by atoms with Gasteiger partial charge in [-0.1, -0.05) is 53.5 Å². The second-order valence-corrected chi connectivity index (χ2v) is 5.31. The largest absolute Gasteiger partial charge is 0.624 e. The van der Waals surface area contributed by atoms with Crippen LogP contribution in [0.2, 0.25) is 10.0 Å². The van der Waals surface area contributed by atoms with E-state index in [4.69, 9.17) is 23.2 Å². The highest BCUT2D eigenvalue weighted by Crippen LogP contribution is 2.23. The number of carbonyl (C=O) groups excluding carboxylic acids is 1. The number of hydrogen-bond acceptors (Lipinski definition) is 2. The summed E-state index contributed by atoms with van der Waals surface area (Å²) >= 11 is 11.7. The van der Waals surface area contributed by atoms with E-state index in [1.165, 1.54) is 12.3 Å². The van der Waals surface area contributed by atoms with Crippen LogP contribution in [-0.2, 0) is 6.54 Å². The lowest BCUT2D eigenvalue weighted by molar-refractivity contribution is -0.470. The second-order valence-electron chi connectivity index (χ2n) is 4.50. The van der Waals surface area contributed by atoms with Gasteiger partial charge in [-0.05, 0) is 18.2 Å². The quantitative estimate of drug-likeness (QED) is 0.270. The summed E-state index contributed by atoms with van der Waals surface area (Å²) in [5, 5.41) is 12.5. The molecule has 0 radical (unpaired) electrons. The molecule has 0 aliphatic heterocycles. The summed E-state index contributed by atoms with van der Waals surface area (Å²) in [6.45, 7) is 0.218. The lowest BCUT2D eigenvalue weighted by Crippen LogP contribution is -2.09. The normalized spacial score (nSPS) is 11.4. The molecule has 0 saturated heterocycles. The van der Waals surface area contributed by atoms with Crippen LogP contribution in [0.4, 0.5) is 0 Å². The van der Waals surface area contributed by atoms with Crippen molar-refractivity contribution in [3.63, 3.8) is 0 Å². The van der Waals surface area contributed by atoms with E-state index in [-0.39, 0.29) is 18.7 Å². The maximum absolute atomic E-state index is 12.0. The molecule has 2 aromatic rings. The van der Waals surface area contributed by atoms with Gasteiger partial charge in [0.2, 0.25) is 0 Å². The monoisotopic (exact) mass is 321 g/mol. The number of hydrogen-bond donors (Lipinski definition) is 0. The Kier molecular flexibility index (Phi) is 5.37. The number of rotatable bonds is 5. The van der Waals surface area contributed by atoms with Crippen molar-refractivity contribution in [3.05, 3.63) is 74.9 Å². The molecule has 108 valence electrons. The highest BCUT2D eigenvalue weighted by Gasteiger charge is 2.09. The number of nitrogens with zero attached hydrogens (tertiary/aromatic N) is 1. The smallest absolute Gasteiger partial charge is 0.178 e. The highest BCUT2D eigenvalue weighted by atomic mass is 35.5. The minimum absolute atomic E-state index is 0.0221. The summed E-state index contributed by atoms with van der Waals surface area (Å²) in [6.07, 6.45) is 1.35. The minimum Gasteiger partial charge on any atom is -0.624 e. The van der Waals surface area contributed by atoms with E-state index in [1.54, 1.807) is 12.1 Å². The van der Waals surface area contributed by atoms with Gasteiger partial charge in [-0.2, -0.15) is 0 Å². The molecule has 0 atom stereocenters. The van der Waals surface area contributed by atoms with Crippen molar-refractivity contribution >= 4 is 35.2 Å². The molecule has 0 saturated carbocycles. The molecule has 0 spiro atoms. The molecule has 0 heterocycles. The lowest BCUT2D eigenvalue weighted by atomic mass is 10.1. The van der Waals surface area contributed by atoms with Crippen LogP contribution in [0.1, 0.15) is 22.3 Å². The van der Waals surface area contributed by atoms with Crippen molar-refractivity contribution in [2.24, 2.45) is 0 Å². The molecular weight excluding hydrogens is 309 g/mol. The first-order valence-corrected chi connectivity index (χ1v) is 7.11. The summed E-state index contributed by atoms with van der Waals surface area (Å²) in [5.74, 6) is -0.178. The van der Waals surface area contributed by atoms with Gasteiger partial charge in [-0.3, -0.25) is 4.79 Å². The number of halogens is 2. The average Bonchev–Trinajstić information content (AvgIpc) is 2.48. The Hall–Kier alpha value is -1.84. The first-order chi connectivity index (χ1) is 10.1. The molecule has 0 N–H and O–H groups in total. The molecule has 0 aliphatic carbocycles. The van der Waals surface area contributed by atoms with Crippen LogP contribution < -0.4 is 0 Å². The molecule has 0 bridgehead atoms. The second kappa shape index (κ2) is 7.25. The van der Waals surface area contributed by atoms with E-state index in [0.29, 0.717) is 15.6 Å². The molecule has 0 aliphatic rings. The van der Waals surface area contributed by atoms with Crippen molar-refractivity contribution in [1.82, 2.24) is 0 Å². The Morgan fingerprint density at radius 1 is 1.10 bits per heavy atom. The number of benzene rings is 2. The molecular formula is C16H13Cl2NO2. The minimum atomic E-state index is -0.178. The Labute approximate surface area is 133 Å². The van der Waals surface area contributed by atoms with Crippen LogP contribution in [0.25, 0.3) is 0 Å².